The molecule has 0 saturated carbocycles. The summed E-state index contributed by atoms with van der Waals surface area (Å²) in [7, 11) is 0. The lowest BCUT2D eigenvalue weighted by atomic mass is 10.2. The molecule has 0 atom stereocenters. The average Bonchev–Trinajstić information content (AvgIpc) is 2.14. The van der Waals surface area contributed by atoms with Crippen LogP contribution in [0.1, 0.15) is 25.7 Å². The predicted molar refractivity (Wildman–Crippen MR) is 56.6 cm³/mol. The Labute approximate surface area is 89.2 Å². The number of aliphatic carboxylic acids is 1. The Kier molecular flexibility index (Phi) is 8.46. The van der Waals surface area contributed by atoms with Crippen LogP contribution in [0.5, 0.6) is 0 Å². The zero-order valence-corrected chi connectivity index (χ0v) is 8.79. The molecule has 15 heavy (non-hydrogen) atoms. The SMILES string of the molecule is NC(=O)NCCNCCCCCC(=O)O. The minimum atomic E-state index is -0.742. The van der Waals surface area contributed by atoms with Gasteiger partial charge in [0.2, 0.25) is 0 Å². The number of carbonyl (C=O) groups excluding carboxylic acids is 1. The number of amides is 2. The van der Waals surface area contributed by atoms with Crippen molar-refractivity contribution in [3.8, 4) is 0 Å². The van der Waals surface area contributed by atoms with E-state index >= 15 is 0 Å². The second-order valence-corrected chi connectivity index (χ2v) is 3.25. The van der Waals surface area contributed by atoms with Crippen LogP contribution in [0.25, 0.3) is 0 Å². The highest BCUT2D eigenvalue weighted by molar-refractivity contribution is 5.71. The molecule has 0 aliphatic heterocycles. The fourth-order valence-electron chi connectivity index (χ4n) is 1.10. The van der Waals surface area contributed by atoms with Crippen molar-refractivity contribution in [1.82, 2.24) is 10.6 Å². The number of unbranched alkanes of at least 4 members (excludes halogenated alkanes) is 2. The zero-order chi connectivity index (χ0) is 11.5. The van der Waals surface area contributed by atoms with E-state index in [4.69, 9.17) is 10.8 Å². The number of carbonyl (C=O) groups is 2. The maximum Gasteiger partial charge on any atom is 0.312 e. The minimum absolute atomic E-state index is 0.239. The lowest BCUT2D eigenvalue weighted by Gasteiger charge is -2.04. The predicted octanol–water partition coefficient (Wildman–Crippen LogP) is -0.111. The largest absolute Gasteiger partial charge is 0.481 e. The molecule has 5 N–H and O–H groups in total. The van der Waals surface area contributed by atoms with E-state index in [0.717, 1.165) is 25.8 Å². The van der Waals surface area contributed by atoms with Crippen LogP contribution in [0.15, 0.2) is 0 Å². The van der Waals surface area contributed by atoms with Gasteiger partial charge in [-0.05, 0) is 19.4 Å². The molecule has 0 saturated heterocycles. The van der Waals surface area contributed by atoms with Crippen molar-refractivity contribution < 1.29 is 14.7 Å². The van der Waals surface area contributed by atoms with Gasteiger partial charge in [0, 0.05) is 19.5 Å². The van der Waals surface area contributed by atoms with Crippen LogP contribution in [0.2, 0.25) is 0 Å². The molecule has 6 heteroatoms. The number of carboxylic acids is 1. The third-order valence-corrected chi connectivity index (χ3v) is 1.85. The second-order valence-electron chi connectivity index (χ2n) is 3.25. The quantitative estimate of drug-likeness (QED) is 0.404. The standard InChI is InChI=1S/C9H19N3O3/c10-9(15)12-7-6-11-5-3-1-2-4-8(13)14/h11H,1-7H2,(H,13,14)(H3,10,12,15). The van der Waals surface area contributed by atoms with Crippen LogP contribution in [0, 0.1) is 0 Å². The molecule has 88 valence electrons. The summed E-state index contributed by atoms with van der Waals surface area (Å²) in [5.74, 6) is -0.742. The summed E-state index contributed by atoms with van der Waals surface area (Å²) in [6.45, 7) is 2.03. The summed E-state index contributed by atoms with van der Waals surface area (Å²) < 4.78 is 0. The van der Waals surface area contributed by atoms with Gasteiger partial charge in [0.05, 0.1) is 0 Å². The number of hydrogen-bond acceptors (Lipinski definition) is 3. The molecule has 0 fully saturated rings. The van der Waals surface area contributed by atoms with Crippen molar-refractivity contribution in [2.24, 2.45) is 5.73 Å². The summed E-state index contributed by atoms with van der Waals surface area (Å²) >= 11 is 0. The van der Waals surface area contributed by atoms with E-state index in [9.17, 15) is 9.59 Å². The first-order valence-corrected chi connectivity index (χ1v) is 5.08. The van der Waals surface area contributed by atoms with Crippen LogP contribution in [0.4, 0.5) is 4.79 Å². The second kappa shape index (κ2) is 9.26. The van der Waals surface area contributed by atoms with Gasteiger partial charge < -0.3 is 21.5 Å². The fourth-order valence-corrected chi connectivity index (χ4v) is 1.10. The van der Waals surface area contributed by atoms with E-state index in [0.29, 0.717) is 13.1 Å². The van der Waals surface area contributed by atoms with Crippen molar-refractivity contribution in [1.29, 1.82) is 0 Å². The van der Waals surface area contributed by atoms with Gasteiger partial charge >= 0.3 is 12.0 Å². The Bertz CT molecular complexity index is 177. The smallest absolute Gasteiger partial charge is 0.312 e. The van der Waals surface area contributed by atoms with Crippen molar-refractivity contribution in [2.75, 3.05) is 19.6 Å². The van der Waals surface area contributed by atoms with Crippen molar-refractivity contribution in [3.05, 3.63) is 0 Å². The lowest BCUT2D eigenvalue weighted by molar-refractivity contribution is -0.137. The van der Waals surface area contributed by atoms with E-state index in [2.05, 4.69) is 10.6 Å². The number of urea groups is 1. The topological polar surface area (TPSA) is 104 Å². The first-order valence-electron chi connectivity index (χ1n) is 5.08. The summed E-state index contributed by atoms with van der Waals surface area (Å²) in [5.41, 5.74) is 4.87. The normalized spacial score (nSPS) is 9.87. The first-order chi connectivity index (χ1) is 7.13. The average molecular weight is 217 g/mol. The van der Waals surface area contributed by atoms with Crippen LogP contribution in [0.3, 0.4) is 0 Å². The van der Waals surface area contributed by atoms with Gasteiger partial charge in [0.1, 0.15) is 0 Å². The number of carboxylic acid groups (broad SMARTS) is 1. The fraction of sp³-hybridized carbons (Fsp3) is 0.778. The molecular formula is C9H19N3O3. The Morgan fingerprint density at radius 2 is 1.80 bits per heavy atom. The molecule has 0 aromatic carbocycles. The maximum atomic E-state index is 10.3. The van der Waals surface area contributed by atoms with E-state index in [1.54, 1.807) is 0 Å². The van der Waals surface area contributed by atoms with Gasteiger partial charge in [-0.25, -0.2) is 4.79 Å². The van der Waals surface area contributed by atoms with Gasteiger partial charge in [-0.15, -0.1) is 0 Å². The summed E-state index contributed by atoms with van der Waals surface area (Å²) in [5, 5.41) is 13.9. The van der Waals surface area contributed by atoms with Crippen molar-refractivity contribution in [3.63, 3.8) is 0 Å². The molecule has 0 bridgehead atoms. The molecule has 0 rings (SSSR count). The highest BCUT2D eigenvalue weighted by Gasteiger charge is 1.96. The summed E-state index contributed by atoms with van der Waals surface area (Å²) in [4.78, 5) is 20.4. The molecular weight excluding hydrogens is 198 g/mol. The molecule has 2 amide bonds. The van der Waals surface area contributed by atoms with Gasteiger partial charge in [-0.2, -0.15) is 0 Å². The highest BCUT2D eigenvalue weighted by Crippen LogP contribution is 1.98. The van der Waals surface area contributed by atoms with E-state index in [1.807, 2.05) is 0 Å². The Morgan fingerprint density at radius 3 is 2.40 bits per heavy atom. The minimum Gasteiger partial charge on any atom is -0.481 e. The molecule has 0 radical (unpaired) electrons. The number of nitrogens with one attached hydrogen (secondary N) is 2. The molecule has 0 aromatic heterocycles. The molecule has 0 heterocycles. The zero-order valence-electron chi connectivity index (χ0n) is 8.79. The first kappa shape index (κ1) is 13.7. The lowest BCUT2D eigenvalue weighted by Crippen LogP contribution is -2.35. The van der Waals surface area contributed by atoms with Crippen LogP contribution in [-0.4, -0.2) is 36.7 Å². The molecule has 0 aromatic rings. The molecule has 0 aliphatic carbocycles. The summed E-state index contributed by atoms with van der Waals surface area (Å²) in [6, 6.07) is -0.516. The molecule has 6 nitrogen and oxygen atoms in total. The number of nitrogens with two attached hydrogens (primary N) is 1. The highest BCUT2D eigenvalue weighted by atomic mass is 16.4. The van der Waals surface area contributed by atoms with E-state index in [-0.39, 0.29) is 6.42 Å². The van der Waals surface area contributed by atoms with Crippen LogP contribution in [-0.2, 0) is 4.79 Å². The van der Waals surface area contributed by atoms with Gasteiger partial charge in [-0.3, -0.25) is 4.79 Å². The van der Waals surface area contributed by atoms with Crippen molar-refractivity contribution >= 4 is 12.0 Å². The number of rotatable bonds is 9. The Morgan fingerprint density at radius 1 is 1.07 bits per heavy atom. The van der Waals surface area contributed by atoms with Gasteiger partial charge in [0.15, 0.2) is 0 Å². The van der Waals surface area contributed by atoms with Gasteiger partial charge in [0.25, 0.3) is 0 Å². The number of primary amides is 1. The van der Waals surface area contributed by atoms with Crippen LogP contribution < -0.4 is 16.4 Å². The van der Waals surface area contributed by atoms with Crippen molar-refractivity contribution in [2.45, 2.75) is 25.7 Å². The maximum absolute atomic E-state index is 10.3. The Balaban J connectivity index is 2.99. The van der Waals surface area contributed by atoms with Crippen LogP contribution >= 0.6 is 0 Å². The number of hydrogen-bond donors (Lipinski definition) is 4. The Hall–Kier alpha value is -1.30. The van der Waals surface area contributed by atoms with E-state index in [1.165, 1.54) is 0 Å². The van der Waals surface area contributed by atoms with E-state index < -0.39 is 12.0 Å². The van der Waals surface area contributed by atoms with Gasteiger partial charge in [-0.1, -0.05) is 6.42 Å². The summed E-state index contributed by atoms with van der Waals surface area (Å²) in [6.07, 6.45) is 2.81. The third-order valence-electron chi connectivity index (χ3n) is 1.85. The molecule has 0 spiro atoms. The monoisotopic (exact) mass is 217 g/mol. The molecule has 0 unspecified atom stereocenters. The molecule has 0 aliphatic rings. The third kappa shape index (κ3) is 12.7.